The van der Waals surface area contributed by atoms with Crippen LogP contribution in [0.15, 0.2) is 22.7 Å². The Labute approximate surface area is 151 Å². The molecule has 0 spiro atoms. The maximum Gasteiger partial charge on any atom is 0.227 e. The third kappa shape index (κ3) is 3.01. The lowest BCUT2D eigenvalue weighted by molar-refractivity contribution is -0.118. The number of methoxy groups -OCH3 is 1. The lowest BCUT2D eigenvalue weighted by Gasteiger charge is -2.41. The molecule has 1 aromatic carbocycles. The number of benzene rings is 1. The summed E-state index contributed by atoms with van der Waals surface area (Å²) in [6, 6.07) is 5.86. The second-order valence-electron chi connectivity index (χ2n) is 6.43. The van der Waals surface area contributed by atoms with Gasteiger partial charge >= 0.3 is 0 Å². The molecule has 4 rings (SSSR count). The number of para-hydroxylation sites is 1. The van der Waals surface area contributed by atoms with Crippen LogP contribution in [0.25, 0.3) is 0 Å². The fraction of sp³-hybridized carbons (Fsp3) is 0.500. The Kier molecular flexibility index (Phi) is 4.50. The van der Waals surface area contributed by atoms with Gasteiger partial charge in [-0.1, -0.05) is 11.2 Å². The highest BCUT2D eigenvalue weighted by Crippen LogP contribution is 2.42. The number of carbonyl (C=O) groups excluding carboxylic acids is 1. The minimum atomic E-state index is -0.230. The third-order valence-electron chi connectivity index (χ3n) is 4.85. The second kappa shape index (κ2) is 6.95. The molecule has 3 heterocycles. The fourth-order valence-electron chi connectivity index (χ4n) is 3.35. The van der Waals surface area contributed by atoms with Crippen LogP contribution in [0.1, 0.15) is 31.2 Å². The van der Waals surface area contributed by atoms with E-state index in [0.717, 1.165) is 30.2 Å². The Bertz CT molecular complexity index is 806. The summed E-state index contributed by atoms with van der Waals surface area (Å²) < 4.78 is 16.1. The minimum Gasteiger partial charge on any atom is -0.489 e. The van der Waals surface area contributed by atoms with E-state index < -0.39 is 0 Å². The zero-order chi connectivity index (χ0) is 18.1. The lowest BCUT2D eigenvalue weighted by atomic mass is 10.1. The van der Waals surface area contributed by atoms with Gasteiger partial charge in [0.15, 0.2) is 5.82 Å². The van der Waals surface area contributed by atoms with Crippen molar-refractivity contribution in [1.29, 1.82) is 0 Å². The Balaban J connectivity index is 1.46. The fourth-order valence-corrected chi connectivity index (χ4v) is 3.35. The molecule has 0 N–H and O–H groups in total. The first-order valence-electron chi connectivity index (χ1n) is 8.84. The number of aromatic nitrogens is 2. The summed E-state index contributed by atoms with van der Waals surface area (Å²) in [5.41, 5.74) is 1.94. The highest BCUT2D eigenvalue weighted by molar-refractivity contribution is 5.99. The van der Waals surface area contributed by atoms with E-state index in [2.05, 4.69) is 15.0 Å². The standard InChI is InChI=1S/C18H22N4O4/c1-12(24-2)18-19-15(26-20-18)6-7-16(23)22-9-8-21-10-11-25-14-5-3-4-13(22)17(14)21/h3-5,12H,6-11H2,1-2H3/t12-/m0/s1. The Hall–Kier alpha value is -2.61. The minimum absolute atomic E-state index is 0.0446. The van der Waals surface area contributed by atoms with E-state index in [0.29, 0.717) is 37.7 Å². The molecule has 0 saturated carbocycles. The molecule has 2 aromatic rings. The van der Waals surface area contributed by atoms with Gasteiger partial charge in [0, 0.05) is 33.0 Å². The maximum absolute atomic E-state index is 12.8. The number of amides is 1. The number of carbonyl (C=O) groups is 1. The summed E-state index contributed by atoms with van der Waals surface area (Å²) in [6.07, 6.45) is 0.494. The molecule has 138 valence electrons. The largest absolute Gasteiger partial charge is 0.489 e. The molecule has 8 nitrogen and oxygen atoms in total. The van der Waals surface area contributed by atoms with Crippen molar-refractivity contribution in [2.24, 2.45) is 0 Å². The predicted octanol–water partition coefficient (Wildman–Crippen LogP) is 1.96. The van der Waals surface area contributed by atoms with E-state index in [-0.39, 0.29) is 12.0 Å². The van der Waals surface area contributed by atoms with Gasteiger partial charge < -0.3 is 23.8 Å². The molecule has 1 aromatic heterocycles. The van der Waals surface area contributed by atoms with E-state index >= 15 is 0 Å². The molecule has 2 aliphatic heterocycles. The predicted molar refractivity (Wildman–Crippen MR) is 94.5 cm³/mol. The van der Waals surface area contributed by atoms with Crippen LogP contribution in [0.4, 0.5) is 11.4 Å². The molecule has 1 amide bonds. The summed E-state index contributed by atoms with van der Waals surface area (Å²) in [5, 5.41) is 3.89. The molecular weight excluding hydrogens is 336 g/mol. The normalized spacial score (nSPS) is 16.8. The molecule has 0 unspecified atom stereocenters. The summed E-state index contributed by atoms with van der Waals surface area (Å²) in [7, 11) is 1.59. The number of hydrogen-bond donors (Lipinski definition) is 0. The molecule has 0 bridgehead atoms. The smallest absolute Gasteiger partial charge is 0.227 e. The van der Waals surface area contributed by atoms with Crippen LogP contribution in [0.5, 0.6) is 5.75 Å². The maximum atomic E-state index is 12.8. The summed E-state index contributed by atoms with van der Waals surface area (Å²) in [4.78, 5) is 21.2. The second-order valence-corrected chi connectivity index (χ2v) is 6.43. The van der Waals surface area contributed by atoms with Gasteiger partial charge in [-0.15, -0.1) is 0 Å². The molecular formula is C18H22N4O4. The van der Waals surface area contributed by atoms with Crippen LogP contribution < -0.4 is 14.5 Å². The van der Waals surface area contributed by atoms with Crippen LogP contribution in [-0.4, -0.2) is 49.4 Å². The van der Waals surface area contributed by atoms with Gasteiger partial charge in [-0.2, -0.15) is 4.98 Å². The topological polar surface area (TPSA) is 80.9 Å². The monoisotopic (exact) mass is 358 g/mol. The number of anilines is 2. The molecule has 0 radical (unpaired) electrons. The van der Waals surface area contributed by atoms with Crippen LogP contribution in [0.3, 0.4) is 0 Å². The molecule has 0 saturated heterocycles. The third-order valence-corrected chi connectivity index (χ3v) is 4.85. The number of hydrogen-bond acceptors (Lipinski definition) is 7. The van der Waals surface area contributed by atoms with Gasteiger partial charge in [-0.25, -0.2) is 0 Å². The Morgan fingerprint density at radius 3 is 3.08 bits per heavy atom. The van der Waals surface area contributed by atoms with Gasteiger partial charge in [0.05, 0.1) is 12.2 Å². The average Bonchev–Trinajstić information content (AvgIpc) is 3.15. The Morgan fingerprint density at radius 2 is 2.23 bits per heavy atom. The van der Waals surface area contributed by atoms with Crippen molar-refractivity contribution >= 4 is 17.3 Å². The van der Waals surface area contributed by atoms with Crippen molar-refractivity contribution in [3.05, 3.63) is 29.9 Å². The molecule has 8 heteroatoms. The number of rotatable bonds is 5. The van der Waals surface area contributed by atoms with E-state index in [1.165, 1.54) is 0 Å². The van der Waals surface area contributed by atoms with Crippen LogP contribution in [0, 0.1) is 0 Å². The molecule has 2 aliphatic rings. The van der Waals surface area contributed by atoms with Crippen LogP contribution >= 0.6 is 0 Å². The first kappa shape index (κ1) is 16.8. The van der Waals surface area contributed by atoms with Gasteiger partial charge in [0.2, 0.25) is 11.8 Å². The van der Waals surface area contributed by atoms with E-state index in [9.17, 15) is 4.79 Å². The van der Waals surface area contributed by atoms with Crippen molar-refractivity contribution in [3.63, 3.8) is 0 Å². The highest BCUT2D eigenvalue weighted by atomic mass is 16.5. The number of nitrogens with zero attached hydrogens (tertiary/aromatic N) is 4. The molecule has 26 heavy (non-hydrogen) atoms. The molecule has 0 aliphatic carbocycles. The lowest BCUT2D eigenvalue weighted by Crippen LogP contribution is -2.47. The van der Waals surface area contributed by atoms with Crippen molar-refractivity contribution < 1.29 is 18.8 Å². The van der Waals surface area contributed by atoms with Crippen molar-refractivity contribution in [3.8, 4) is 5.75 Å². The van der Waals surface area contributed by atoms with Gasteiger partial charge in [-0.05, 0) is 19.1 Å². The molecule has 1 atom stereocenters. The zero-order valence-electron chi connectivity index (χ0n) is 15.0. The van der Waals surface area contributed by atoms with Gasteiger partial charge in [-0.3, -0.25) is 4.79 Å². The Morgan fingerprint density at radius 1 is 1.35 bits per heavy atom. The average molecular weight is 358 g/mol. The first-order chi connectivity index (χ1) is 12.7. The summed E-state index contributed by atoms with van der Waals surface area (Å²) in [5.74, 6) is 1.84. The number of ether oxygens (including phenoxy) is 2. The summed E-state index contributed by atoms with van der Waals surface area (Å²) in [6.45, 7) is 4.87. The van der Waals surface area contributed by atoms with E-state index in [1.54, 1.807) is 7.11 Å². The van der Waals surface area contributed by atoms with Crippen LogP contribution in [0.2, 0.25) is 0 Å². The van der Waals surface area contributed by atoms with Gasteiger partial charge in [0.1, 0.15) is 24.1 Å². The van der Waals surface area contributed by atoms with Crippen molar-refractivity contribution in [1.82, 2.24) is 10.1 Å². The SMILES string of the molecule is CO[C@@H](C)c1noc(CCC(=O)N2CCN3CCOc4cccc2c43)n1. The number of aryl methyl sites for hydroxylation is 1. The highest BCUT2D eigenvalue weighted by Gasteiger charge is 2.31. The summed E-state index contributed by atoms with van der Waals surface area (Å²) >= 11 is 0. The quantitative estimate of drug-likeness (QED) is 0.808. The van der Waals surface area contributed by atoms with E-state index in [4.69, 9.17) is 14.0 Å². The van der Waals surface area contributed by atoms with Gasteiger partial charge in [0.25, 0.3) is 0 Å². The molecule has 0 fully saturated rings. The first-order valence-corrected chi connectivity index (χ1v) is 8.84. The zero-order valence-corrected chi connectivity index (χ0v) is 15.0. The van der Waals surface area contributed by atoms with Crippen LogP contribution in [-0.2, 0) is 16.0 Å². The van der Waals surface area contributed by atoms with Crippen molar-refractivity contribution in [2.45, 2.75) is 25.9 Å². The van der Waals surface area contributed by atoms with Crippen molar-refractivity contribution in [2.75, 3.05) is 43.2 Å². The van der Waals surface area contributed by atoms with E-state index in [1.807, 2.05) is 30.0 Å².